The highest BCUT2D eigenvalue weighted by Gasteiger charge is 2.48. The van der Waals surface area contributed by atoms with Crippen LogP contribution in [0.15, 0.2) is 48.7 Å². The van der Waals surface area contributed by atoms with Crippen molar-refractivity contribution in [2.75, 3.05) is 78.1 Å². The molecule has 0 spiro atoms. The number of piperidine rings is 1. The summed E-state index contributed by atoms with van der Waals surface area (Å²) in [6, 6.07) is 14.0. The van der Waals surface area contributed by atoms with Crippen LogP contribution in [0.25, 0.3) is 33.3 Å². The number of methoxy groups -OCH3 is 1. The number of aromatic hydroxyl groups is 1. The average molecular weight is 1080 g/mol. The molecule has 4 unspecified atom stereocenters. The van der Waals surface area contributed by atoms with Crippen molar-refractivity contribution >= 4 is 34.4 Å². The van der Waals surface area contributed by atoms with E-state index in [1.807, 2.05) is 33.0 Å². The van der Waals surface area contributed by atoms with Gasteiger partial charge < -0.3 is 39.0 Å². The number of nitrogens with one attached hydrogen (secondary N) is 3. The van der Waals surface area contributed by atoms with Crippen molar-refractivity contribution in [2.45, 2.75) is 164 Å². The van der Waals surface area contributed by atoms with Gasteiger partial charge in [0.05, 0.1) is 54.6 Å². The number of phenolic OH excluding ortho intramolecular Hbond substituents is 1. The first-order valence-corrected chi connectivity index (χ1v) is 29.6. The molecular weight excluding hydrogens is 981 g/mol. The first-order valence-electron chi connectivity index (χ1n) is 29.6. The van der Waals surface area contributed by atoms with Crippen LogP contribution in [-0.4, -0.2) is 134 Å². The first kappa shape index (κ1) is 59.1. The number of anilines is 1. The Morgan fingerprint density at radius 3 is 2.38 bits per heavy atom. The number of carbonyl (C=O) groups excluding carboxylic acids is 3. The van der Waals surface area contributed by atoms with Crippen molar-refractivity contribution in [2.24, 2.45) is 28.6 Å². The molecule has 2 aliphatic carbocycles. The second-order valence-electron chi connectivity index (χ2n) is 24.9. The Bertz CT molecular complexity index is 2690. The summed E-state index contributed by atoms with van der Waals surface area (Å²) >= 11 is 0. The van der Waals surface area contributed by atoms with Crippen LogP contribution in [0.5, 0.6) is 5.75 Å². The smallest absolute Gasteiger partial charge is 0.302 e. The summed E-state index contributed by atoms with van der Waals surface area (Å²) in [6.45, 7) is 26.5. The lowest BCUT2D eigenvalue weighted by Crippen LogP contribution is -2.54. The molecule has 4 aliphatic rings. The second kappa shape index (κ2) is 26.0. The van der Waals surface area contributed by atoms with Crippen molar-refractivity contribution in [1.29, 1.82) is 0 Å². The molecule has 4 N–H and O–H groups in total. The Balaban J connectivity index is 1.13. The maximum atomic E-state index is 14.5. The SMILES string of the molecule is CCCCCCNNC(=O)C(Cc1cc(O)cc(-c2ccc3c(c2)c(CC(C)(C)COC(C)=O)c(-c2cc(N4CCN(C5CC5)CC4)cnc2C(C)OC)n3CC)c1)NC(=O)[C@@H](COC1CC[C@]2(C)CN(C)CCC12)C(C)C. The minimum Gasteiger partial charge on any atom is -0.508 e. The van der Waals surface area contributed by atoms with Crippen molar-refractivity contribution in [1.82, 2.24) is 35.5 Å². The highest BCUT2D eigenvalue weighted by atomic mass is 16.5. The maximum Gasteiger partial charge on any atom is 0.302 e. The highest BCUT2D eigenvalue weighted by molar-refractivity contribution is 5.96. The number of piperazine rings is 1. The first-order chi connectivity index (χ1) is 37.3. The van der Waals surface area contributed by atoms with Gasteiger partial charge in [-0.2, -0.15) is 0 Å². The summed E-state index contributed by atoms with van der Waals surface area (Å²) in [6.07, 6.45) is 12.5. The Kier molecular flexibility index (Phi) is 19.7. The summed E-state index contributed by atoms with van der Waals surface area (Å²) in [5.74, 6) is -0.855. The molecule has 4 heterocycles. The number of hydrogen-bond donors (Lipinski definition) is 4. The molecule has 2 saturated carbocycles. The number of likely N-dealkylation sites (tertiary alicyclic amines) is 1. The number of rotatable bonds is 26. The summed E-state index contributed by atoms with van der Waals surface area (Å²) in [5.41, 5.74) is 14.3. The van der Waals surface area contributed by atoms with Crippen molar-refractivity contribution in [3.63, 3.8) is 0 Å². The van der Waals surface area contributed by atoms with Gasteiger partial charge >= 0.3 is 5.97 Å². The molecule has 78 heavy (non-hydrogen) atoms. The number of fused-ring (bicyclic) bond motifs is 2. The molecule has 6 atom stereocenters. The highest BCUT2D eigenvalue weighted by Crippen LogP contribution is 2.49. The van der Waals surface area contributed by atoms with Crippen molar-refractivity contribution in [3.05, 3.63) is 65.5 Å². The zero-order valence-corrected chi connectivity index (χ0v) is 49.1. The van der Waals surface area contributed by atoms with E-state index in [1.165, 1.54) is 19.8 Å². The van der Waals surface area contributed by atoms with Crippen LogP contribution in [0.1, 0.15) is 143 Å². The van der Waals surface area contributed by atoms with Gasteiger partial charge in [-0.25, -0.2) is 5.43 Å². The predicted octanol–water partition coefficient (Wildman–Crippen LogP) is 9.86. The van der Waals surface area contributed by atoms with Crippen LogP contribution in [0, 0.1) is 28.6 Å². The van der Waals surface area contributed by atoms with Crippen LogP contribution >= 0.6 is 0 Å². The molecule has 2 saturated heterocycles. The third-order valence-electron chi connectivity index (χ3n) is 17.6. The van der Waals surface area contributed by atoms with E-state index < -0.39 is 17.4 Å². The molecule has 4 aromatic rings. The van der Waals surface area contributed by atoms with Gasteiger partial charge in [-0.1, -0.05) is 72.9 Å². The van der Waals surface area contributed by atoms with Gasteiger partial charge in [0.25, 0.3) is 5.91 Å². The van der Waals surface area contributed by atoms with Crippen molar-refractivity contribution < 1.29 is 33.7 Å². The van der Waals surface area contributed by atoms with E-state index in [2.05, 4.69) is 101 Å². The van der Waals surface area contributed by atoms with Crippen molar-refractivity contribution in [3.8, 4) is 28.1 Å². The number of phenols is 1. The third kappa shape index (κ3) is 14.3. The van der Waals surface area contributed by atoms with Crippen LogP contribution < -0.4 is 21.1 Å². The van der Waals surface area contributed by atoms with Gasteiger partial charge in [-0.15, -0.1) is 0 Å². The largest absolute Gasteiger partial charge is 0.508 e. The number of hydrazine groups is 1. The third-order valence-corrected chi connectivity index (χ3v) is 17.6. The van der Waals surface area contributed by atoms with E-state index >= 15 is 0 Å². The molecule has 15 heteroatoms. The minimum atomic E-state index is -0.940. The fourth-order valence-corrected chi connectivity index (χ4v) is 12.9. The van der Waals surface area contributed by atoms with Gasteiger partial charge in [-0.05, 0) is 142 Å². The van der Waals surface area contributed by atoms with Gasteiger partial charge in [0, 0.05) is 94.2 Å². The van der Waals surface area contributed by atoms with E-state index in [0.717, 1.165) is 140 Å². The van der Waals surface area contributed by atoms with Crippen LogP contribution in [0.2, 0.25) is 0 Å². The summed E-state index contributed by atoms with van der Waals surface area (Å²) in [4.78, 5) is 53.7. The molecule has 2 amide bonds. The standard InChI is InChI=1S/C63H94N8O7/c1-12-14-15-16-24-65-67-61(75)55(66-60(74)53(41(3)4)38-77-57-21-23-63(9)39-68(10)25-22-54(57)63)32-44-30-46(33-49(73)31-44)45-17-20-56-50(34-45)52(36-62(7,8)40-78-43(6)72)59(71(56)13-2)51-35-48(37-64-58(51)42(5)76-11)70-28-26-69(27-29-70)47-18-19-47/h17,20,30-31,33-35,37,41-42,47,53-55,57,65,73H,12-16,18-19,21-29,32,36,38-40H2,1-11H3,(H,66,74)(H,67,75)/t42?,53-,54?,55?,57?,63+/m0/s1. The van der Waals surface area contributed by atoms with Gasteiger partial charge in [0.2, 0.25) is 5.91 Å². The number of nitrogens with zero attached hydrogens (tertiary/aromatic N) is 5. The molecule has 8 rings (SSSR count). The van der Waals surface area contributed by atoms with E-state index in [-0.39, 0.29) is 66.7 Å². The summed E-state index contributed by atoms with van der Waals surface area (Å²) in [5, 5.41) is 15.7. The molecule has 4 fully saturated rings. The molecule has 2 aromatic heterocycles. The molecule has 2 aliphatic heterocycles. The normalized spacial score (nSPS) is 21.4. The molecule has 0 radical (unpaired) electrons. The molecule has 428 valence electrons. The van der Waals surface area contributed by atoms with Crippen LogP contribution in [0.3, 0.4) is 0 Å². The summed E-state index contributed by atoms with van der Waals surface area (Å²) in [7, 11) is 3.92. The Hall–Kier alpha value is -5.06. The van der Waals surface area contributed by atoms with E-state index in [0.29, 0.717) is 31.0 Å². The zero-order chi connectivity index (χ0) is 55.9. The number of pyridine rings is 1. The zero-order valence-electron chi connectivity index (χ0n) is 49.1. The topological polar surface area (TPSA) is 163 Å². The number of aryl methyl sites for hydroxylation is 1. The van der Waals surface area contributed by atoms with Gasteiger partial charge in [0.1, 0.15) is 11.8 Å². The lowest BCUT2D eigenvalue weighted by Gasteiger charge is -2.42. The number of aromatic nitrogens is 2. The fourth-order valence-electron chi connectivity index (χ4n) is 12.9. The fraction of sp³-hybridized carbons (Fsp3) is 0.651. The van der Waals surface area contributed by atoms with Gasteiger partial charge in [-0.3, -0.25) is 29.7 Å². The Labute approximate surface area is 465 Å². The molecule has 2 aromatic carbocycles. The lowest BCUT2D eigenvalue weighted by atomic mass is 9.74. The predicted molar refractivity (Wildman–Crippen MR) is 311 cm³/mol. The lowest BCUT2D eigenvalue weighted by molar-refractivity contribution is -0.144. The quantitative estimate of drug-likeness (QED) is 0.0268. The van der Waals surface area contributed by atoms with Gasteiger partial charge in [0.15, 0.2) is 0 Å². The average Bonchev–Trinajstić information content (AvgIpc) is 4.36. The molecule has 15 nitrogen and oxygen atoms in total. The molecule has 0 bridgehead atoms. The Morgan fingerprint density at radius 2 is 1.69 bits per heavy atom. The van der Waals surface area contributed by atoms with E-state index in [4.69, 9.17) is 19.2 Å². The maximum absolute atomic E-state index is 14.5. The number of benzene rings is 2. The van der Waals surface area contributed by atoms with E-state index in [1.54, 1.807) is 19.2 Å². The Morgan fingerprint density at radius 1 is 0.923 bits per heavy atom. The number of unbranched alkanes of at least 4 members (excludes halogenated alkanes) is 3. The second-order valence-corrected chi connectivity index (χ2v) is 24.9. The molecular formula is C63H94N8O7. The minimum absolute atomic E-state index is 0.0267. The number of amides is 2. The number of carbonyl (C=O) groups is 3. The van der Waals surface area contributed by atoms with E-state index in [9.17, 15) is 19.5 Å². The number of esters is 1. The summed E-state index contributed by atoms with van der Waals surface area (Å²) < 4.78 is 20.8. The number of ether oxygens (including phenoxy) is 3. The monoisotopic (exact) mass is 1070 g/mol. The van der Waals surface area contributed by atoms with Crippen LogP contribution in [0.4, 0.5) is 5.69 Å². The van der Waals surface area contributed by atoms with Crippen LogP contribution in [-0.2, 0) is 48.0 Å². The number of hydrogen-bond acceptors (Lipinski definition) is 12.